The molecule has 0 aliphatic rings. The van der Waals surface area contributed by atoms with Crippen molar-refractivity contribution in [2.75, 3.05) is 23.9 Å². The first-order chi connectivity index (χ1) is 11.5. The molecule has 0 N–H and O–H groups in total. The van der Waals surface area contributed by atoms with Crippen LogP contribution >= 0.6 is 0 Å². The van der Waals surface area contributed by atoms with Gasteiger partial charge < -0.3 is 9.80 Å². The molecule has 0 saturated heterocycles. The minimum atomic E-state index is 0.690. The summed E-state index contributed by atoms with van der Waals surface area (Å²) in [5, 5.41) is 0. The fourth-order valence-corrected chi connectivity index (χ4v) is 2.53. The number of nitrogens with zero attached hydrogens (tertiary/aromatic N) is 4. The molecule has 0 amide bonds. The first kappa shape index (κ1) is 16.0. The van der Waals surface area contributed by atoms with Gasteiger partial charge in [-0.15, -0.1) is 0 Å². The summed E-state index contributed by atoms with van der Waals surface area (Å²) in [6, 6.07) is 20.6. The Morgan fingerprint density at radius 1 is 0.708 bits per heavy atom. The van der Waals surface area contributed by atoms with Crippen molar-refractivity contribution in [3.05, 3.63) is 71.9 Å². The summed E-state index contributed by atoms with van der Waals surface area (Å²) in [7, 11) is 4.01. The zero-order valence-corrected chi connectivity index (χ0v) is 14.6. The van der Waals surface area contributed by atoms with Crippen molar-refractivity contribution in [2.24, 2.45) is 0 Å². The van der Waals surface area contributed by atoms with Crippen molar-refractivity contribution in [1.29, 1.82) is 0 Å². The molecular weight excluding hydrogens is 296 g/mol. The van der Waals surface area contributed by atoms with E-state index in [-0.39, 0.29) is 0 Å². The van der Waals surface area contributed by atoms with Crippen LogP contribution in [0, 0.1) is 13.8 Å². The van der Waals surface area contributed by atoms with Gasteiger partial charge in [0.25, 0.3) is 0 Å². The minimum Gasteiger partial charge on any atom is -0.329 e. The molecule has 1 aromatic heterocycles. The van der Waals surface area contributed by atoms with E-state index in [9.17, 15) is 0 Å². The Bertz CT molecular complexity index is 813. The number of anilines is 4. The normalized spacial score (nSPS) is 10.5. The summed E-state index contributed by atoms with van der Waals surface area (Å²) in [5.74, 6) is 1.57. The van der Waals surface area contributed by atoms with Gasteiger partial charge in [-0.2, -0.15) is 4.98 Å². The summed E-state index contributed by atoms with van der Waals surface area (Å²) < 4.78 is 0. The Balaban J connectivity index is 1.95. The van der Waals surface area contributed by atoms with Crippen molar-refractivity contribution < 1.29 is 0 Å². The lowest BCUT2D eigenvalue weighted by Crippen LogP contribution is -2.17. The molecule has 0 unspecified atom stereocenters. The Hall–Kier alpha value is -2.88. The smallest absolute Gasteiger partial charge is 0.231 e. The second-order valence-electron chi connectivity index (χ2n) is 5.96. The minimum absolute atomic E-state index is 0.690. The number of rotatable bonds is 4. The van der Waals surface area contributed by atoms with E-state index in [2.05, 4.69) is 53.2 Å². The molecule has 0 bridgehead atoms. The van der Waals surface area contributed by atoms with E-state index in [0.29, 0.717) is 5.95 Å². The molecule has 0 aliphatic carbocycles. The highest BCUT2D eigenvalue weighted by Gasteiger charge is 2.12. The summed E-state index contributed by atoms with van der Waals surface area (Å²) in [5.41, 5.74) is 4.35. The third-order valence-corrected chi connectivity index (χ3v) is 4.04. The molecule has 24 heavy (non-hydrogen) atoms. The van der Waals surface area contributed by atoms with E-state index in [1.54, 1.807) is 0 Å². The lowest BCUT2D eigenvalue weighted by atomic mass is 10.2. The number of hydrogen-bond donors (Lipinski definition) is 0. The summed E-state index contributed by atoms with van der Waals surface area (Å²) in [6.07, 6.45) is 0. The van der Waals surface area contributed by atoms with E-state index in [1.165, 1.54) is 5.56 Å². The largest absolute Gasteiger partial charge is 0.329 e. The molecule has 1 heterocycles. The van der Waals surface area contributed by atoms with E-state index in [1.807, 2.05) is 50.2 Å². The quantitative estimate of drug-likeness (QED) is 0.702. The van der Waals surface area contributed by atoms with E-state index < -0.39 is 0 Å². The number of benzene rings is 2. The van der Waals surface area contributed by atoms with Gasteiger partial charge in [-0.05, 0) is 38.1 Å². The topological polar surface area (TPSA) is 32.3 Å². The molecule has 3 aromatic rings. The monoisotopic (exact) mass is 318 g/mol. The Labute approximate surface area is 143 Å². The van der Waals surface area contributed by atoms with Gasteiger partial charge >= 0.3 is 0 Å². The van der Waals surface area contributed by atoms with Crippen LogP contribution in [0.4, 0.5) is 23.1 Å². The van der Waals surface area contributed by atoms with Crippen molar-refractivity contribution in [1.82, 2.24) is 9.97 Å². The number of aromatic nitrogens is 2. The third kappa shape index (κ3) is 3.38. The SMILES string of the molecule is Cc1ccc(N(C)c2cc(C)nc(N(C)c3ccccc3)n2)cc1. The lowest BCUT2D eigenvalue weighted by molar-refractivity contribution is 0.990. The van der Waals surface area contributed by atoms with Gasteiger partial charge in [0, 0.05) is 37.2 Å². The fourth-order valence-electron chi connectivity index (χ4n) is 2.53. The second kappa shape index (κ2) is 6.71. The highest BCUT2D eigenvalue weighted by molar-refractivity contribution is 5.63. The molecule has 4 nitrogen and oxygen atoms in total. The van der Waals surface area contributed by atoms with Crippen LogP contribution in [0.3, 0.4) is 0 Å². The van der Waals surface area contributed by atoms with Gasteiger partial charge in [-0.3, -0.25) is 0 Å². The van der Waals surface area contributed by atoms with Gasteiger partial charge in [0.05, 0.1) is 0 Å². The van der Waals surface area contributed by atoms with Crippen LogP contribution in [0.25, 0.3) is 0 Å². The molecule has 0 saturated carbocycles. The molecular formula is C20H22N4. The van der Waals surface area contributed by atoms with Gasteiger partial charge in [0.2, 0.25) is 5.95 Å². The molecule has 3 rings (SSSR count). The maximum atomic E-state index is 4.75. The third-order valence-electron chi connectivity index (χ3n) is 4.04. The van der Waals surface area contributed by atoms with Crippen molar-refractivity contribution in [3.63, 3.8) is 0 Å². The standard InChI is InChI=1S/C20H22N4/c1-15-10-12-18(13-11-15)23(3)19-14-16(2)21-20(22-19)24(4)17-8-6-5-7-9-17/h5-14H,1-4H3. The van der Waals surface area contributed by atoms with Gasteiger partial charge in [-0.1, -0.05) is 35.9 Å². The summed E-state index contributed by atoms with van der Waals surface area (Å²) in [4.78, 5) is 13.4. The van der Waals surface area contributed by atoms with Crippen molar-refractivity contribution >= 4 is 23.1 Å². The van der Waals surface area contributed by atoms with Crippen LogP contribution in [0.2, 0.25) is 0 Å². The predicted molar refractivity (Wildman–Crippen MR) is 101 cm³/mol. The molecule has 0 aliphatic heterocycles. The predicted octanol–water partition coefficient (Wildman–Crippen LogP) is 4.63. The molecule has 4 heteroatoms. The van der Waals surface area contributed by atoms with Gasteiger partial charge in [0.1, 0.15) is 5.82 Å². The molecule has 0 radical (unpaired) electrons. The fraction of sp³-hybridized carbons (Fsp3) is 0.200. The van der Waals surface area contributed by atoms with Crippen LogP contribution < -0.4 is 9.80 Å². The maximum Gasteiger partial charge on any atom is 0.231 e. The molecule has 0 atom stereocenters. The number of hydrogen-bond acceptors (Lipinski definition) is 4. The zero-order chi connectivity index (χ0) is 17.1. The molecule has 2 aromatic carbocycles. The zero-order valence-electron chi connectivity index (χ0n) is 14.6. The molecule has 122 valence electrons. The Kier molecular flexibility index (Phi) is 4.47. The van der Waals surface area contributed by atoms with Gasteiger partial charge in [0.15, 0.2) is 0 Å². The van der Waals surface area contributed by atoms with Crippen LogP contribution in [0.5, 0.6) is 0 Å². The number of aryl methyl sites for hydroxylation is 2. The second-order valence-corrected chi connectivity index (χ2v) is 5.96. The molecule has 0 spiro atoms. The Morgan fingerprint density at radius 2 is 1.33 bits per heavy atom. The summed E-state index contributed by atoms with van der Waals surface area (Å²) in [6.45, 7) is 4.09. The van der Waals surface area contributed by atoms with Crippen LogP contribution in [-0.2, 0) is 0 Å². The first-order valence-electron chi connectivity index (χ1n) is 7.99. The van der Waals surface area contributed by atoms with Crippen LogP contribution in [0.1, 0.15) is 11.3 Å². The Morgan fingerprint density at radius 3 is 2.00 bits per heavy atom. The highest BCUT2D eigenvalue weighted by atomic mass is 15.3. The highest BCUT2D eigenvalue weighted by Crippen LogP contribution is 2.26. The van der Waals surface area contributed by atoms with E-state index >= 15 is 0 Å². The first-order valence-corrected chi connectivity index (χ1v) is 7.99. The van der Waals surface area contributed by atoms with Crippen molar-refractivity contribution in [3.8, 4) is 0 Å². The molecule has 0 fully saturated rings. The average molecular weight is 318 g/mol. The number of para-hydroxylation sites is 1. The maximum absolute atomic E-state index is 4.75. The van der Waals surface area contributed by atoms with Crippen LogP contribution in [0.15, 0.2) is 60.7 Å². The van der Waals surface area contributed by atoms with Crippen LogP contribution in [-0.4, -0.2) is 24.1 Å². The van der Waals surface area contributed by atoms with E-state index in [4.69, 9.17) is 4.98 Å². The average Bonchev–Trinajstić information content (AvgIpc) is 2.61. The van der Waals surface area contributed by atoms with Gasteiger partial charge in [-0.25, -0.2) is 4.98 Å². The van der Waals surface area contributed by atoms with E-state index in [0.717, 1.165) is 22.9 Å². The van der Waals surface area contributed by atoms with Crippen molar-refractivity contribution in [2.45, 2.75) is 13.8 Å². The summed E-state index contributed by atoms with van der Waals surface area (Å²) >= 11 is 0. The lowest BCUT2D eigenvalue weighted by Gasteiger charge is -2.22.